The Hall–Kier alpha value is -1.81. The van der Waals surface area contributed by atoms with Gasteiger partial charge in [-0.25, -0.2) is 0 Å². The number of hydrogen-bond donors (Lipinski definition) is 1. The Balaban J connectivity index is 1.48. The monoisotopic (exact) mass is 406 g/mol. The van der Waals surface area contributed by atoms with E-state index in [0.717, 1.165) is 11.1 Å². The summed E-state index contributed by atoms with van der Waals surface area (Å²) in [6, 6.07) is 15.6. The molecular weight excluding hydrogens is 384 g/mol. The first-order chi connectivity index (χ1) is 13.4. The molecular formula is C20H22O7S. The summed E-state index contributed by atoms with van der Waals surface area (Å²) in [7, 11) is -4.04. The fourth-order valence-corrected chi connectivity index (χ4v) is 4.39. The Kier molecular flexibility index (Phi) is 5.50. The van der Waals surface area contributed by atoms with Crippen molar-refractivity contribution in [3.63, 3.8) is 0 Å². The lowest BCUT2D eigenvalue weighted by atomic mass is 9.99. The topological polar surface area (TPSA) is 91.3 Å². The molecule has 0 bridgehead atoms. The summed E-state index contributed by atoms with van der Waals surface area (Å²) in [6.45, 7) is 2.02. The SMILES string of the molecule is Cc1ccc(S(=O)(=O)O[C@@H]2CO[C@@H]3COC(c4ccccc4)O[C@@H]3[C@H]2O)cc1. The van der Waals surface area contributed by atoms with Gasteiger partial charge in [0.25, 0.3) is 10.1 Å². The summed E-state index contributed by atoms with van der Waals surface area (Å²) in [6.07, 6.45) is -4.15. The zero-order chi connectivity index (χ0) is 19.7. The summed E-state index contributed by atoms with van der Waals surface area (Å²) in [5, 5.41) is 10.7. The fraction of sp³-hybridized carbons (Fsp3) is 0.400. The predicted molar refractivity (Wildman–Crippen MR) is 99.0 cm³/mol. The van der Waals surface area contributed by atoms with Crippen molar-refractivity contribution in [3.05, 3.63) is 65.7 Å². The second kappa shape index (κ2) is 7.90. The molecule has 0 aliphatic carbocycles. The first-order valence-electron chi connectivity index (χ1n) is 9.06. The van der Waals surface area contributed by atoms with Crippen molar-refractivity contribution in [2.24, 2.45) is 0 Å². The van der Waals surface area contributed by atoms with Crippen molar-refractivity contribution in [2.75, 3.05) is 13.2 Å². The average molecular weight is 406 g/mol. The third kappa shape index (κ3) is 3.98. The van der Waals surface area contributed by atoms with Gasteiger partial charge in [0.05, 0.1) is 18.1 Å². The molecule has 1 N–H and O–H groups in total. The first-order valence-corrected chi connectivity index (χ1v) is 10.5. The highest BCUT2D eigenvalue weighted by Crippen LogP contribution is 2.33. The zero-order valence-corrected chi connectivity index (χ0v) is 16.1. The van der Waals surface area contributed by atoms with E-state index in [9.17, 15) is 13.5 Å². The van der Waals surface area contributed by atoms with E-state index in [4.69, 9.17) is 18.4 Å². The molecule has 2 aromatic carbocycles. The Morgan fingerprint density at radius 3 is 2.43 bits per heavy atom. The van der Waals surface area contributed by atoms with Gasteiger partial charge in [-0.05, 0) is 19.1 Å². The molecule has 2 heterocycles. The van der Waals surface area contributed by atoms with E-state index >= 15 is 0 Å². The van der Waals surface area contributed by atoms with Gasteiger partial charge in [-0.1, -0.05) is 48.0 Å². The van der Waals surface area contributed by atoms with Crippen LogP contribution in [0.25, 0.3) is 0 Å². The van der Waals surface area contributed by atoms with Crippen molar-refractivity contribution in [1.29, 1.82) is 0 Å². The minimum Gasteiger partial charge on any atom is -0.387 e. The molecule has 5 atom stereocenters. The van der Waals surface area contributed by atoms with Crippen LogP contribution in [0, 0.1) is 6.92 Å². The molecule has 0 radical (unpaired) electrons. The van der Waals surface area contributed by atoms with Crippen molar-refractivity contribution < 1.29 is 31.9 Å². The van der Waals surface area contributed by atoms with Crippen molar-refractivity contribution in [1.82, 2.24) is 0 Å². The number of hydrogen-bond acceptors (Lipinski definition) is 7. The van der Waals surface area contributed by atoms with Gasteiger partial charge in [0.15, 0.2) is 6.29 Å². The van der Waals surface area contributed by atoms with Crippen LogP contribution in [0.4, 0.5) is 0 Å². The van der Waals surface area contributed by atoms with E-state index < -0.39 is 40.8 Å². The third-order valence-corrected chi connectivity index (χ3v) is 6.23. The molecule has 2 aliphatic heterocycles. The summed E-state index contributed by atoms with van der Waals surface area (Å²) < 4.78 is 47.6. The number of ether oxygens (including phenoxy) is 3. The Labute approximate surface area is 163 Å². The van der Waals surface area contributed by atoms with Crippen molar-refractivity contribution in [3.8, 4) is 0 Å². The maximum Gasteiger partial charge on any atom is 0.297 e. The number of aryl methyl sites for hydroxylation is 1. The zero-order valence-electron chi connectivity index (χ0n) is 15.3. The molecule has 8 heteroatoms. The van der Waals surface area contributed by atoms with E-state index in [2.05, 4.69) is 0 Å². The average Bonchev–Trinajstić information content (AvgIpc) is 2.71. The molecule has 2 aliphatic rings. The Bertz CT molecular complexity index is 898. The van der Waals surface area contributed by atoms with Gasteiger partial charge in [0.2, 0.25) is 0 Å². The van der Waals surface area contributed by atoms with E-state index in [1.165, 1.54) is 12.1 Å². The van der Waals surface area contributed by atoms with Gasteiger partial charge in [-0.3, -0.25) is 4.18 Å². The highest BCUT2D eigenvalue weighted by molar-refractivity contribution is 7.86. The second-order valence-corrected chi connectivity index (χ2v) is 8.51. The van der Waals surface area contributed by atoms with E-state index in [-0.39, 0.29) is 18.1 Å². The highest BCUT2D eigenvalue weighted by atomic mass is 32.2. The lowest BCUT2D eigenvalue weighted by molar-refractivity contribution is -0.311. The third-order valence-electron chi connectivity index (χ3n) is 4.88. The molecule has 2 saturated heterocycles. The number of aliphatic hydroxyl groups is 1. The minimum absolute atomic E-state index is 0.0301. The van der Waals surface area contributed by atoms with E-state index in [1.54, 1.807) is 12.1 Å². The van der Waals surface area contributed by atoms with Gasteiger partial charge >= 0.3 is 0 Å². The molecule has 28 heavy (non-hydrogen) atoms. The maximum atomic E-state index is 12.5. The van der Waals surface area contributed by atoms with Crippen LogP contribution in [0.5, 0.6) is 0 Å². The molecule has 7 nitrogen and oxygen atoms in total. The number of fused-ring (bicyclic) bond motifs is 1. The first kappa shape index (κ1) is 19.5. The Morgan fingerprint density at radius 2 is 1.71 bits per heavy atom. The lowest BCUT2D eigenvalue weighted by Gasteiger charge is -2.44. The second-order valence-electron chi connectivity index (χ2n) is 6.94. The van der Waals surface area contributed by atoms with Crippen LogP contribution in [0.2, 0.25) is 0 Å². The van der Waals surface area contributed by atoms with Gasteiger partial charge in [-0.15, -0.1) is 0 Å². The largest absolute Gasteiger partial charge is 0.387 e. The fourth-order valence-electron chi connectivity index (χ4n) is 3.31. The van der Waals surface area contributed by atoms with E-state index in [1.807, 2.05) is 37.3 Å². The molecule has 0 aromatic heterocycles. The Morgan fingerprint density at radius 1 is 1.00 bits per heavy atom. The molecule has 150 valence electrons. The molecule has 4 rings (SSSR count). The highest BCUT2D eigenvalue weighted by Gasteiger charge is 2.47. The predicted octanol–water partition coefficient (Wildman–Crippen LogP) is 1.94. The molecule has 2 fully saturated rings. The summed E-state index contributed by atoms with van der Waals surface area (Å²) in [5.41, 5.74) is 1.74. The van der Waals surface area contributed by atoms with Crippen LogP contribution in [-0.2, 0) is 28.5 Å². The van der Waals surface area contributed by atoms with E-state index in [0.29, 0.717) is 0 Å². The molecule has 0 saturated carbocycles. The summed E-state index contributed by atoms with van der Waals surface area (Å²) in [4.78, 5) is 0.0301. The smallest absolute Gasteiger partial charge is 0.297 e. The number of rotatable bonds is 4. The van der Waals surface area contributed by atoms with Crippen LogP contribution >= 0.6 is 0 Å². The van der Waals surface area contributed by atoms with Crippen molar-refractivity contribution >= 4 is 10.1 Å². The van der Waals surface area contributed by atoms with Gasteiger partial charge in [0.1, 0.15) is 24.4 Å². The maximum absolute atomic E-state index is 12.5. The standard InChI is InChI=1S/C20H22O7S/c1-13-7-9-15(10-8-13)28(22,23)27-16-11-24-17-12-25-20(26-19(17)18(16)21)14-5-3-2-4-6-14/h2-10,16-21H,11-12H2,1H3/t16-,17-,18+,19+,20?/m1/s1. The minimum atomic E-state index is -4.04. The van der Waals surface area contributed by atoms with Crippen LogP contribution in [0.1, 0.15) is 17.4 Å². The van der Waals surface area contributed by atoms with Crippen LogP contribution < -0.4 is 0 Å². The number of benzene rings is 2. The lowest BCUT2D eigenvalue weighted by Crippen LogP contribution is -2.59. The van der Waals surface area contributed by atoms with Crippen LogP contribution in [0.15, 0.2) is 59.5 Å². The molecule has 1 unspecified atom stereocenters. The van der Waals surface area contributed by atoms with Crippen molar-refractivity contribution in [2.45, 2.75) is 42.5 Å². The quantitative estimate of drug-likeness (QED) is 0.776. The molecule has 2 aromatic rings. The molecule has 0 spiro atoms. The molecule has 0 amide bonds. The van der Waals surface area contributed by atoms with Gasteiger partial charge < -0.3 is 19.3 Å². The van der Waals surface area contributed by atoms with Gasteiger partial charge in [-0.2, -0.15) is 8.42 Å². The van der Waals surface area contributed by atoms with Crippen LogP contribution in [-0.4, -0.2) is 51.2 Å². The number of aliphatic hydroxyl groups excluding tert-OH is 1. The summed E-state index contributed by atoms with van der Waals surface area (Å²) in [5.74, 6) is 0. The summed E-state index contributed by atoms with van der Waals surface area (Å²) >= 11 is 0. The van der Waals surface area contributed by atoms with Gasteiger partial charge in [0, 0.05) is 5.56 Å². The van der Waals surface area contributed by atoms with Crippen LogP contribution in [0.3, 0.4) is 0 Å². The normalized spacial score (nSPS) is 30.6.